The number of rotatable bonds is 4. The van der Waals surface area contributed by atoms with Crippen molar-refractivity contribution >= 4 is 5.91 Å². The second-order valence-corrected chi connectivity index (χ2v) is 6.16. The maximum atomic E-state index is 12.2. The van der Waals surface area contributed by atoms with Gasteiger partial charge in [-0.05, 0) is 18.1 Å². The Hall–Kier alpha value is -2.13. The smallest absolute Gasteiger partial charge is 0.223 e. The van der Waals surface area contributed by atoms with Crippen LogP contribution in [0, 0.1) is 12.8 Å². The van der Waals surface area contributed by atoms with E-state index in [9.17, 15) is 4.79 Å². The molecule has 3 nitrogen and oxygen atoms in total. The SMILES string of the molecule is Cc1ccc(C(N)C2CC(=O)N(Cc3ccccc3)C2)cc1. The summed E-state index contributed by atoms with van der Waals surface area (Å²) in [6.45, 7) is 3.48. The van der Waals surface area contributed by atoms with E-state index < -0.39 is 0 Å². The summed E-state index contributed by atoms with van der Waals surface area (Å²) in [7, 11) is 0. The van der Waals surface area contributed by atoms with Gasteiger partial charge in [-0.25, -0.2) is 0 Å². The number of hydrogen-bond acceptors (Lipinski definition) is 2. The van der Waals surface area contributed by atoms with Gasteiger partial charge in [0.1, 0.15) is 0 Å². The van der Waals surface area contributed by atoms with E-state index in [-0.39, 0.29) is 17.9 Å². The van der Waals surface area contributed by atoms with Crippen molar-refractivity contribution < 1.29 is 4.79 Å². The third-order valence-electron chi connectivity index (χ3n) is 4.43. The van der Waals surface area contributed by atoms with E-state index in [1.54, 1.807) is 0 Å². The number of carbonyl (C=O) groups is 1. The van der Waals surface area contributed by atoms with Crippen molar-refractivity contribution in [3.63, 3.8) is 0 Å². The Labute approximate surface area is 131 Å². The summed E-state index contributed by atoms with van der Waals surface area (Å²) in [5.41, 5.74) is 9.90. The van der Waals surface area contributed by atoms with Crippen LogP contribution in [0.25, 0.3) is 0 Å². The molecule has 1 saturated heterocycles. The van der Waals surface area contributed by atoms with Gasteiger partial charge in [-0.3, -0.25) is 4.79 Å². The molecule has 2 aromatic carbocycles. The van der Waals surface area contributed by atoms with Gasteiger partial charge in [-0.15, -0.1) is 0 Å². The molecule has 1 fully saturated rings. The zero-order valence-electron chi connectivity index (χ0n) is 12.9. The van der Waals surface area contributed by atoms with E-state index in [0.717, 1.165) is 12.1 Å². The average Bonchev–Trinajstić information content (AvgIpc) is 2.89. The Balaban J connectivity index is 1.67. The number of likely N-dealkylation sites (tertiary alicyclic amines) is 1. The van der Waals surface area contributed by atoms with Crippen LogP contribution in [0.3, 0.4) is 0 Å². The van der Waals surface area contributed by atoms with Crippen molar-refractivity contribution in [1.82, 2.24) is 4.90 Å². The molecule has 0 bridgehead atoms. The highest BCUT2D eigenvalue weighted by atomic mass is 16.2. The predicted octanol–water partition coefficient (Wildman–Crippen LogP) is 3.04. The number of aryl methyl sites for hydroxylation is 1. The Morgan fingerprint density at radius 2 is 1.82 bits per heavy atom. The highest BCUT2D eigenvalue weighted by molar-refractivity contribution is 5.78. The molecule has 2 N–H and O–H groups in total. The Morgan fingerprint density at radius 3 is 2.50 bits per heavy atom. The van der Waals surface area contributed by atoms with E-state index in [1.165, 1.54) is 11.1 Å². The van der Waals surface area contributed by atoms with Crippen molar-refractivity contribution in [1.29, 1.82) is 0 Å². The lowest BCUT2D eigenvalue weighted by Gasteiger charge is -2.21. The molecule has 114 valence electrons. The van der Waals surface area contributed by atoms with Crippen LogP contribution in [0.15, 0.2) is 54.6 Å². The first-order valence-corrected chi connectivity index (χ1v) is 7.77. The first-order valence-electron chi connectivity index (χ1n) is 7.77. The van der Waals surface area contributed by atoms with E-state index in [2.05, 4.69) is 43.3 Å². The average molecular weight is 294 g/mol. The lowest BCUT2D eigenvalue weighted by Crippen LogP contribution is -2.27. The highest BCUT2D eigenvalue weighted by Crippen LogP contribution is 2.30. The molecule has 2 aromatic rings. The molecule has 0 saturated carbocycles. The molecule has 0 aliphatic carbocycles. The minimum atomic E-state index is -0.0784. The van der Waals surface area contributed by atoms with Gasteiger partial charge in [-0.2, -0.15) is 0 Å². The second kappa shape index (κ2) is 6.32. The van der Waals surface area contributed by atoms with Crippen LogP contribution in [0.5, 0.6) is 0 Å². The molecular weight excluding hydrogens is 272 g/mol. The number of hydrogen-bond donors (Lipinski definition) is 1. The molecule has 22 heavy (non-hydrogen) atoms. The van der Waals surface area contributed by atoms with Crippen LogP contribution in [-0.4, -0.2) is 17.4 Å². The summed E-state index contributed by atoms with van der Waals surface area (Å²) in [6.07, 6.45) is 0.544. The molecule has 1 amide bonds. The van der Waals surface area contributed by atoms with E-state index in [0.29, 0.717) is 13.0 Å². The van der Waals surface area contributed by atoms with Crippen LogP contribution in [0.2, 0.25) is 0 Å². The fraction of sp³-hybridized carbons (Fsp3) is 0.316. The molecule has 1 heterocycles. The zero-order chi connectivity index (χ0) is 15.5. The summed E-state index contributed by atoms with van der Waals surface area (Å²) >= 11 is 0. The number of nitrogens with zero attached hydrogens (tertiary/aromatic N) is 1. The molecule has 1 aliphatic heterocycles. The molecule has 0 aromatic heterocycles. The van der Waals surface area contributed by atoms with E-state index in [4.69, 9.17) is 5.73 Å². The van der Waals surface area contributed by atoms with Crippen LogP contribution < -0.4 is 5.73 Å². The monoisotopic (exact) mass is 294 g/mol. The van der Waals surface area contributed by atoms with Crippen LogP contribution in [-0.2, 0) is 11.3 Å². The standard InChI is InChI=1S/C19H22N2O/c1-14-7-9-16(10-8-14)19(20)17-11-18(22)21(13-17)12-15-5-3-2-4-6-15/h2-10,17,19H,11-13,20H2,1H3. The maximum absolute atomic E-state index is 12.2. The van der Waals surface area contributed by atoms with Gasteiger partial charge in [0.25, 0.3) is 0 Å². The van der Waals surface area contributed by atoms with Gasteiger partial charge in [-0.1, -0.05) is 60.2 Å². The number of benzene rings is 2. The van der Waals surface area contributed by atoms with Gasteiger partial charge in [0, 0.05) is 31.5 Å². The van der Waals surface area contributed by atoms with Crippen molar-refractivity contribution in [2.24, 2.45) is 11.7 Å². The minimum absolute atomic E-state index is 0.0784. The molecule has 0 radical (unpaired) electrons. The Kier molecular flexibility index (Phi) is 4.25. The fourth-order valence-electron chi connectivity index (χ4n) is 3.06. The topological polar surface area (TPSA) is 46.3 Å². The molecule has 2 unspecified atom stereocenters. The maximum Gasteiger partial charge on any atom is 0.223 e. The molecule has 3 heteroatoms. The Bertz CT molecular complexity index is 636. The summed E-state index contributed by atoms with van der Waals surface area (Å²) in [5.74, 6) is 0.398. The van der Waals surface area contributed by atoms with Gasteiger partial charge in [0.2, 0.25) is 5.91 Å². The van der Waals surface area contributed by atoms with E-state index >= 15 is 0 Å². The quantitative estimate of drug-likeness (QED) is 0.942. The van der Waals surface area contributed by atoms with Gasteiger partial charge in [0.15, 0.2) is 0 Å². The lowest BCUT2D eigenvalue weighted by molar-refractivity contribution is -0.128. The summed E-state index contributed by atoms with van der Waals surface area (Å²) in [4.78, 5) is 14.2. The zero-order valence-corrected chi connectivity index (χ0v) is 12.9. The summed E-state index contributed by atoms with van der Waals surface area (Å²) in [5, 5.41) is 0. The molecular formula is C19H22N2O. The highest BCUT2D eigenvalue weighted by Gasteiger charge is 2.33. The first-order chi connectivity index (χ1) is 10.6. The van der Waals surface area contributed by atoms with Crippen LogP contribution >= 0.6 is 0 Å². The molecule has 0 spiro atoms. The van der Waals surface area contributed by atoms with Crippen molar-refractivity contribution in [3.05, 3.63) is 71.3 Å². The van der Waals surface area contributed by atoms with Crippen molar-refractivity contribution in [2.75, 3.05) is 6.54 Å². The molecule has 3 rings (SSSR count). The van der Waals surface area contributed by atoms with Crippen LogP contribution in [0.4, 0.5) is 0 Å². The Morgan fingerprint density at radius 1 is 1.14 bits per heavy atom. The van der Waals surface area contributed by atoms with Gasteiger partial charge in [0.05, 0.1) is 0 Å². The van der Waals surface area contributed by atoms with E-state index in [1.807, 2.05) is 23.1 Å². The van der Waals surface area contributed by atoms with Crippen molar-refractivity contribution in [2.45, 2.75) is 25.9 Å². The number of nitrogens with two attached hydrogens (primary N) is 1. The minimum Gasteiger partial charge on any atom is -0.338 e. The predicted molar refractivity (Wildman–Crippen MR) is 88.1 cm³/mol. The third-order valence-corrected chi connectivity index (χ3v) is 4.43. The summed E-state index contributed by atoms with van der Waals surface area (Å²) < 4.78 is 0. The lowest BCUT2D eigenvalue weighted by atomic mass is 9.92. The van der Waals surface area contributed by atoms with Gasteiger partial charge >= 0.3 is 0 Å². The van der Waals surface area contributed by atoms with Crippen molar-refractivity contribution in [3.8, 4) is 0 Å². The fourth-order valence-corrected chi connectivity index (χ4v) is 3.06. The normalized spacial score (nSPS) is 19.5. The largest absolute Gasteiger partial charge is 0.338 e. The third kappa shape index (κ3) is 3.20. The summed E-state index contributed by atoms with van der Waals surface area (Å²) in [6, 6.07) is 18.3. The number of amides is 1. The molecule has 2 atom stereocenters. The first kappa shape index (κ1) is 14.8. The molecule has 1 aliphatic rings. The van der Waals surface area contributed by atoms with Gasteiger partial charge < -0.3 is 10.6 Å². The second-order valence-electron chi connectivity index (χ2n) is 6.16. The number of carbonyl (C=O) groups excluding carboxylic acids is 1. The van der Waals surface area contributed by atoms with Crippen LogP contribution in [0.1, 0.15) is 29.2 Å².